The molecule has 3 N–H and O–H groups in total. The molecule has 0 aliphatic carbocycles. The van der Waals surface area contributed by atoms with E-state index in [4.69, 9.17) is 4.52 Å². The van der Waals surface area contributed by atoms with Crippen LogP contribution < -0.4 is 15.5 Å². The second kappa shape index (κ2) is 8.09. The lowest BCUT2D eigenvalue weighted by atomic mass is 9.92. The van der Waals surface area contributed by atoms with Gasteiger partial charge in [0, 0.05) is 17.2 Å². The first kappa shape index (κ1) is 19.6. The summed E-state index contributed by atoms with van der Waals surface area (Å²) in [6, 6.07) is 7.32. The summed E-state index contributed by atoms with van der Waals surface area (Å²) in [7, 11) is 1.71. The van der Waals surface area contributed by atoms with Gasteiger partial charge in [0.2, 0.25) is 5.88 Å². The molecule has 1 atom stereocenters. The van der Waals surface area contributed by atoms with Crippen LogP contribution >= 0.6 is 0 Å². The van der Waals surface area contributed by atoms with Crippen molar-refractivity contribution in [2.45, 2.75) is 26.2 Å². The van der Waals surface area contributed by atoms with Gasteiger partial charge in [0.25, 0.3) is 11.8 Å². The van der Waals surface area contributed by atoms with E-state index >= 15 is 0 Å². The van der Waals surface area contributed by atoms with Crippen LogP contribution in [-0.4, -0.2) is 37.1 Å². The summed E-state index contributed by atoms with van der Waals surface area (Å²) in [4.78, 5) is 24.7. The number of nitrogens with zero attached hydrogens (tertiary/aromatic N) is 1. The highest BCUT2D eigenvalue weighted by Gasteiger charge is 2.21. The third kappa shape index (κ3) is 5.96. The lowest BCUT2D eigenvalue weighted by Crippen LogP contribution is -3.11. The fourth-order valence-electron chi connectivity index (χ4n) is 2.25. The number of hydrogen-bond donors (Lipinski definition) is 3. The van der Waals surface area contributed by atoms with Crippen molar-refractivity contribution in [2.75, 3.05) is 30.8 Å². The van der Waals surface area contributed by atoms with Crippen LogP contribution in [0.25, 0.3) is 0 Å². The lowest BCUT2D eigenvalue weighted by molar-refractivity contribution is -0.862. The van der Waals surface area contributed by atoms with Gasteiger partial charge in [-0.3, -0.25) is 14.9 Å². The third-order valence-corrected chi connectivity index (χ3v) is 3.57. The minimum atomic E-state index is -0.426. The number of amides is 2. The van der Waals surface area contributed by atoms with Gasteiger partial charge >= 0.3 is 0 Å². The van der Waals surface area contributed by atoms with E-state index in [1.807, 2.05) is 20.8 Å². The Morgan fingerprint density at radius 2 is 1.81 bits per heavy atom. The molecule has 0 saturated heterocycles. The van der Waals surface area contributed by atoms with E-state index < -0.39 is 5.82 Å². The molecule has 1 unspecified atom stereocenters. The second-order valence-corrected chi connectivity index (χ2v) is 7.24. The molecule has 0 aliphatic heterocycles. The Morgan fingerprint density at radius 1 is 1.15 bits per heavy atom. The van der Waals surface area contributed by atoms with Gasteiger partial charge in [0.15, 0.2) is 13.1 Å². The van der Waals surface area contributed by atoms with E-state index in [0.29, 0.717) is 10.6 Å². The molecule has 1 aromatic heterocycles. The zero-order valence-electron chi connectivity index (χ0n) is 15.4. The van der Waals surface area contributed by atoms with Crippen LogP contribution in [0.4, 0.5) is 16.0 Å². The van der Waals surface area contributed by atoms with Crippen molar-refractivity contribution in [1.82, 2.24) is 5.16 Å². The SMILES string of the molecule is C[NH+](CC(=O)Nc1cccc(F)c1)CC(=O)Nc1cc(C(C)(C)C)no1. The highest BCUT2D eigenvalue weighted by molar-refractivity contribution is 5.92. The molecule has 2 aromatic rings. The first-order chi connectivity index (χ1) is 12.1. The minimum absolute atomic E-state index is 0.0631. The monoisotopic (exact) mass is 363 g/mol. The first-order valence-corrected chi connectivity index (χ1v) is 8.27. The molecule has 0 fully saturated rings. The molecule has 0 aliphatic rings. The van der Waals surface area contributed by atoms with Crippen LogP contribution in [0.2, 0.25) is 0 Å². The molecule has 2 rings (SSSR count). The summed E-state index contributed by atoms with van der Waals surface area (Å²) in [6.45, 7) is 6.11. The normalized spacial score (nSPS) is 12.5. The van der Waals surface area contributed by atoms with Crippen LogP contribution in [0.15, 0.2) is 34.9 Å². The third-order valence-electron chi connectivity index (χ3n) is 3.57. The topological polar surface area (TPSA) is 88.7 Å². The molecule has 7 nitrogen and oxygen atoms in total. The van der Waals surface area contributed by atoms with Crippen LogP contribution in [0.1, 0.15) is 26.5 Å². The van der Waals surface area contributed by atoms with Crippen molar-refractivity contribution < 1.29 is 23.4 Å². The number of quaternary nitrogens is 1. The zero-order valence-corrected chi connectivity index (χ0v) is 15.4. The largest absolute Gasteiger partial charge is 0.338 e. The van der Waals surface area contributed by atoms with Gasteiger partial charge in [0.05, 0.1) is 12.7 Å². The van der Waals surface area contributed by atoms with E-state index in [-0.39, 0.29) is 36.2 Å². The average Bonchev–Trinajstić information content (AvgIpc) is 2.95. The number of nitrogens with one attached hydrogen (secondary N) is 3. The number of carbonyl (C=O) groups is 2. The number of anilines is 2. The van der Waals surface area contributed by atoms with E-state index in [0.717, 1.165) is 5.69 Å². The summed E-state index contributed by atoms with van der Waals surface area (Å²) in [5.74, 6) is -0.755. The number of rotatable bonds is 6. The second-order valence-electron chi connectivity index (χ2n) is 7.24. The van der Waals surface area contributed by atoms with Gasteiger partial charge in [-0.1, -0.05) is 32.0 Å². The van der Waals surface area contributed by atoms with Crippen molar-refractivity contribution in [2.24, 2.45) is 0 Å². The van der Waals surface area contributed by atoms with Gasteiger partial charge in [-0.15, -0.1) is 0 Å². The summed E-state index contributed by atoms with van der Waals surface area (Å²) < 4.78 is 18.2. The van der Waals surface area contributed by atoms with Crippen LogP contribution in [-0.2, 0) is 15.0 Å². The van der Waals surface area contributed by atoms with Crippen molar-refractivity contribution in [3.63, 3.8) is 0 Å². The fraction of sp³-hybridized carbons (Fsp3) is 0.389. The predicted molar refractivity (Wildman–Crippen MR) is 95.5 cm³/mol. The molecule has 2 amide bonds. The number of halogens is 1. The van der Waals surface area contributed by atoms with Gasteiger partial charge in [-0.05, 0) is 18.2 Å². The molecular weight excluding hydrogens is 339 g/mol. The van der Waals surface area contributed by atoms with Crippen molar-refractivity contribution in [1.29, 1.82) is 0 Å². The summed E-state index contributed by atoms with van der Waals surface area (Å²) >= 11 is 0. The maximum absolute atomic E-state index is 13.1. The van der Waals surface area contributed by atoms with Gasteiger partial charge in [0.1, 0.15) is 5.82 Å². The molecule has 0 saturated carbocycles. The van der Waals surface area contributed by atoms with E-state index in [1.165, 1.54) is 18.2 Å². The van der Waals surface area contributed by atoms with Gasteiger partial charge in [-0.25, -0.2) is 4.39 Å². The van der Waals surface area contributed by atoms with Crippen molar-refractivity contribution >= 4 is 23.4 Å². The fourth-order valence-corrected chi connectivity index (χ4v) is 2.25. The van der Waals surface area contributed by atoms with Gasteiger partial charge in [-0.2, -0.15) is 0 Å². The Balaban J connectivity index is 1.81. The predicted octanol–water partition coefficient (Wildman–Crippen LogP) is 1.20. The van der Waals surface area contributed by atoms with E-state index in [2.05, 4.69) is 15.8 Å². The first-order valence-electron chi connectivity index (χ1n) is 8.27. The summed E-state index contributed by atoms with van der Waals surface area (Å²) in [5, 5.41) is 9.15. The molecule has 1 aromatic carbocycles. The van der Waals surface area contributed by atoms with Gasteiger partial charge < -0.3 is 14.7 Å². The standard InChI is InChI=1S/C18H23FN4O3/c1-18(2,3)14-9-17(26-22-14)21-16(25)11-23(4)10-15(24)20-13-7-5-6-12(19)8-13/h5-9H,10-11H2,1-4H3,(H,20,24)(H,21,25)/p+1. The number of likely N-dealkylation sites (N-methyl/N-ethyl adjacent to an activating group) is 1. The quantitative estimate of drug-likeness (QED) is 0.720. The smallest absolute Gasteiger partial charge is 0.281 e. The Hall–Kier alpha value is -2.74. The summed E-state index contributed by atoms with van der Waals surface area (Å²) in [5.41, 5.74) is 0.940. The minimum Gasteiger partial charge on any atom is -0.338 e. The molecule has 8 heteroatoms. The van der Waals surface area contributed by atoms with Crippen molar-refractivity contribution in [3.05, 3.63) is 41.8 Å². The van der Waals surface area contributed by atoms with Crippen LogP contribution in [0.5, 0.6) is 0 Å². The number of hydrogen-bond acceptors (Lipinski definition) is 4. The molecule has 0 bridgehead atoms. The Labute approximate surface area is 151 Å². The molecule has 140 valence electrons. The molecule has 0 radical (unpaired) electrons. The summed E-state index contributed by atoms with van der Waals surface area (Å²) in [6.07, 6.45) is 0. The van der Waals surface area contributed by atoms with Crippen molar-refractivity contribution in [3.8, 4) is 0 Å². The Bertz CT molecular complexity index is 783. The molecule has 26 heavy (non-hydrogen) atoms. The van der Waals surface area contributed by atoms with Crippen LogP contribution in [0.3, 0.4) is 0 Å². The number of carbonyl (C=O) groups excluding carboxylic acids is 2. The molecule has 0 spiro atoms. The molecule has 1 heterocycles. The zero-order chi connectivity index (χ0) is 19.3. The maximum atomic E-state index is 13.1. The lowest BCUT2D eigenvalue weighted by Gasteiger charge is -2.13. The highest BCUT2D eigenvalue weighted by Crippen LogP contribution is 2.23. The van der Waals surface area contributed by atoms with E-state index in [1.54, 1.807) is 19.2 Å². The highest BCUT2D eigenvalue weighted by atomic mass is 19.1. The van der Waals surface area contributed by atoms with Crippen LogP contribution in [0, 0.1) is 5.82 Å². The Morgan fingerprint density at radius 3 is 2.38 bits per heavy atom. The molecular formula is C18H24FN4O3+. The average molecular weight is 363 g/mol. The maximum Gasteiger partial charge on any atom is 0.281 e. The Kier molecular flexibility index (Phi) is 6.10. The number of aromatic nitrogens is 1. The van der Waals surface area contributed by atoms with E-state index in [9.17, 15) is 14.0 Å². The number of benzene rings is 1.